The highest BCUT2D eigenvalue weighted by atomic mass is 16.5. The molecule has 6 rings (SSSR count). The average molecular weight is 555 g/mol. The first-order chi connectivity index (χ1) is 19.5. The monoisotopic (exact) mass is 554 g/mol. The summed E-state index contributed by atoms with van der Waals surface area (Å²) in [5, 5.41) is 9.70. The van der Waals surface area contributed by atoms with Crippen LogP contribution < -0.4 is 15.0 Å². The number of carboxylic acids is 1. The number of carboxylic acid groups (broad SMARTS) is 1. The first kappa shape index (κ1) is 27.0. The van der Waals surface area contributed by atoms with Gasteiger partial charge in [-0.25, -0.2) is 9.78 Å². The Bertz CT molecular complexity index is 1740. The van der Waals surface area contributed by atoms with Crippen molar-refractivity contribution in [2.75, 3.05) is 7.11 Å². The van der Waals surface area contributed by atoms with Crippen LogP contribution in [0.2, 0.25) is 0 Å². The molecule has 0 saturated heterocycles. The summed E-state index contributed by atoms with van der Waals surface area (Å²) in [6.45, 7) is 7.69. The van der Waals surface area contributed by atoms with Gasteiger partial charge < -0.3 is 19.1 Å². The Morgan fingerprint density at radius 2 is 1.85 bits per heavy atom. The number of nitrogens with zero attached hydrogens (tertiary/aromatic N) is 2. The molecule has 3 aromatic rings. The Hall–Kier alpha value is -4.20. The van der Waals surface area contributed by atoms with Crippen molar-refractivity contribution in [3.05, 3.63) is 85.7 Å². The first-order valence-electron chi connectivity index (χ1n) is 14.0. The molecular weight excluding hydrogens is 520 g/mol. The number of carbonyl (C=O) groups is 2. The maximum Gasteiger partial charge on any atom is 0.354 e. The maximum absolute atomic E-state index is 14.1. The van der Waals surface area contributed by atoms with Crippen molar-refractivity contribution in [2.45, 2.75) is 65.2 Å². The molecule has 2 aromatic heterocycles. The van der Waals surface area contributed by atoms with Crippen LogP contribution in [0.5, 0.6) is 11.5 Å². The van der Waals surface area contributed by atoms with Crippen molar-refractivity contribution in [1.29, 1.82) is 0 Å². The van der Waals surface area contributed by atoms with Gasteiger partial charge in [-0.2, -0.15) is 0 Å². The Morgan fingerprint density at radius 1 is 1.12 bits per heavy atom. The molecule has 1 spiro atoms. The number of carbonyl (C=O) groups excluding carboxylic acids is 1. The minimum absolute atomic E-state index is 0.00266. The van der Waals surface area contributed by atoms with Crippen molar-refractivity contribution in [1.82, 2.24) is 9.55 Å². The second-order valence-electron chi connectivity index (χ2n) is 12.0. The summed E-state index contributed by atoms with van der Waals surface area (Å²) in [5.41, 5.74) is 4.72. The second kappa shape index (κ2) is 9.43. The van der Waals surface area contributed by atoms with Crippen LogP contribution in [0.25, 0.3) is 11.3 Å². The number of allylic oxidation sites excluding steroid dienone is 2. The van der Waals surface area contributed by atoms with Gasteiger partial charge in [0.1, 0.15) is 17.3 Å². The number of fused-ring (bicyclic) bond motifs is 1. The van der Waals surface area contributed by atoms with E-state index in [1.807, 2.05) is 32.9 Å². The lowest BCUT2D eigenvalue weighted by Crippen LogP contribution is -2.36. The summed E-state index contributed by atoms with van der Waals surface area (Å²) < 4.78 is 14.0. The summed E-state index contributed by atoms with van der Waals surface area (Å²) >= 11 is 0. The zero-order valence-electron chi connectivity index (χ0n) is 24.3. The summed E-state index contributed by atoms with van der Waals surface area (Å²) in [4.78, 5) is 44.3. The minimum atomic E-state index is -1.10. The highest BCUT2D eigenvalue weighted by Gasteiger charge is 2.53. The number of aromatic nitrogens is 2. The van der Waals surface area contributed by atoms with Gasteiger partial charge in [0.05, 0.1) is 24.3 Å². The standard InChI is InChI=1S/C33H34N2O6/c1-16(2)21-13-24-28(31(37)35(21)5)29(27-22(36)14-33(11-12-33)15-25(27)41-24)26-18(4)19(8-10-23(26)40-6)20-9-7-17(3)30(34-20)32(38)39/h7-10,13,16,29H,11-12,14-15H2,1-6H3,(H,38,39)/t29-/m0/s1. The topological polar surface area (TPSA) is 108 Å². The highest BCUT2D eigenvalue weighted by Crippen LogP contribution is 2.60. The molecule has 1 atom stereocenters. The zero-order valence-corrected chi connectivity index (χ0v) is 24.3. The van der Waals surface area contributed by atoms with Crippen molar-refractivity contribution in [2.24, 2.45) is 12.5 Å². The number of hydrogen-bond acceptors (Lipinski definition) is 6. The summed E-state index contributed by atoms with van der Waals surface area (Å²) in [6.07, 6.45) is 3.09. The van der Waals surface area contributed by atoms with Gasteiger partial charge >= 0.3 is 5.97 Å². The van der Waals surface area contributed by atoms with Crippen molar-refractivity contribution < 1.29 is 24.2 Å². The molecular formula is C33H34N2O6. The molecule has 8 heteroatoms. The molecule has 0 bridgehead atoms. The molecule has 0 amide bonds. The predicted molar refractivity (Wildman–Crippen MR) is 154 cm³/mol. The average Bonchev–Trinajstić information content (AvgIpc) is 3.67. The molecule has 1 N–H and O–H groups in total. The van der Waals surface area contributed by atoms with E-state index in [1.165, 1.54) is 0 Å². The normalized spacial score (nSPS) is 18.7. The van der Waals surface area contributed by atoms with Crippen LogP contribution in [0, 0.1) is 19.3 Å². The fourth-order valence-electron chi connectivity index (χ4n) is 6.63. The van der Waals surface area contributed by atoms with E-state index in [9.17, 15) is 19.5 Å². The number of rotatable bonds is 5. The van der Waals surface area contributed by atoms with Gasteiger partial charge in [0.25, 0.3) is 5.56 Å². The first-order valence-corrected chi connectivity index (χ1v) is 14.0. The third kappa shape index (κ3) is 4.19. The molecule has 212 valence electrons. The van der Waals surface area contributed by atoms with E-state index < -0.39 is 11.9 Å². The third-order valence-electron chi connectivity index (χ3n) is 9.06. The Morgan fingerprint density at radius 3 is 2.49 bits per heavy atom. The van der Waals surface area contributed by atoms with Crippen molar-refractivity contribution >= 4 is 11.8 Å². The summed E-state index contributed by atoms with van der Waals surface area (Å²) in [7, 11) is 3.33. The van der Waals surface area contributed by atoms with Crippen LogP contribution in [-0.4, -0.2) is 33.5 Å². The van der Waals surface area contributed by atoms with Crippen LogP contribution in [0.15, 0.2) is 46.5 Å². The van der Waals surface area contributed by atoms with Gasteiger partial charge in [-0.15, -0.1) is 0 Å². The van der Waals surface area contributed by atoms with Gasteiger partial charge in [0.15, 0.2) is 11.5 Å². The lowest BCUT2D eigenvalue weighted by Gasteiger charge is -2.37. The van der Waals surface area contributed by atoms with E-state index in [0.29, 0.717) is 63.6 Å². The van der Waals surface area contributed by atoms with E-state index in [0.717, 1.165) is 24.1 Å². The molecule has 1 fully saturated rings. The molecule has 0 radical (unpaired) electrons. The third-order valence-corrected chi connectivity index (χ3v) is 9.06. The molecule has 1 aromatic carbocycles. The minimum Gasteiger partial charge on any atom is -0.496 e. The molecule has 2 aliphatic carbocycles. The Labute approximate surface area is 238 Å². The van der Waals surface area contributed by atoms with Gasteiger partial charge in [0, 0.05) is 48.3 Å². The molecule has 1 saturated carbocycles. The molecule has 3 aliphatic rings. The fourth-order valence-corrected chi connectivity index (χ4v) is 6.63. The zero-order chi connectivity index (χ0) is 29.4. The van der Waals surface area contributed by atoms with E-state index in [2.05, 4.69) is 4.98 Å². The van der Waals surface area contributed by atoms with Crippen LogP contribution in [-0.2, 0) is 11.8 Å². The van der Waals surface area contributed by atoms with Gasteiger partial charge in [-0.3, -0.25) is 9.59 Å². The second-order valence-corrected chi connectivity index (χ2v) is 12.0. The summed E-state index contributed by atoms with van der Waals surface area (Å²) in [6, 6.07) is 9.11. The number of methoxy groups -OCH3 is 1. The number of aryl methyl sites for hydroxylation is 1. The fraction of sp³-hybridized carbons (Fsp3) is 0.394. The molecule has 1 aliphatic heterocycles. The van der Waals surface area contributed by atoms with Crippen molar-refractivity contribution in [3.63, 3.8) is 0 Å². The van der Waals surface area contributed by atoms with Crippen LogP contribution >= 0.6 is 0 Å². The number of benzene rings is 1. The lowest BCUT2D eigenvalue weighted by molar-refractivity contribution is -0.118. The van der Waals surface area contributed by atoms with Gasteiger partial charge in [-0.05, 0) is 67.3 Å². The predicted octanol–water partition coefficient (Wildman–Crippen LogP) is 5.82. The van der Waals surface area contributed by atoms with Crippen molar-refractivity contribution in [3.8, 4) is 22.8 Å². The molecule has 0 unspecified atom stereocenters. The largest absolute Gasteiger partial charge is 0.496 e. The smallest absolute Gasteiger partial charge is 0.354 e. The van der Waals surface area contributed by atoms with Crippen LogP contribution in [0.1, 0.15) is 89.8 Å². The SMILES string of the molecule is COc1ccc(-c2ccc(C)c(C(=O)O)n2)c(C)c1[C@H]1C2=C(CC3(CC3)CC2=O)Oc2cc(C(C)C)n(C)c(=O)c21. The number of aromatic carboxylic acids is 1. The lowest BCUT2D eigenvalue weighted by atomic mass is 9.72. The highest BCUT2D eigenvalue weighted by molar-refractivity contribution is 6.01. The van der Waals surface area contributed by atoms with E-state index >= 15 is 0 Å². The number of ketones is 1. The summed E-state index contributed by atoms with van der Waals surface area (Å²) in [5.74, 6) is -0.0355. The number of ether oxygens (including phenoxy) is 2. The molecule has 41 heavy (non-hydrogen) atoms. The molecule has 8 nitrogen and oxygen atoms in total. The van der Waals surface area contributed by atoms with E-state index in [-0.39, 0.29) is 28.4 Å². The molecule has 3 heterocycles. The Balaban J connectivity index is 1.65. The maximum atomic E-state index is 14.1. The van der Waals surface area contributed by atoms with E-state index in [4.69, 9.17) is 9.47 Å². The quantitative estimate of drug-likeness (QED) is 0.424. The van der Waals surface area contributed by atoms with Gasteiger partial charge in [-0.1, -0.05) is 19.9 Å². The number of hydrogen-bond donors (Lipinski definition) is 1. The number of Topliss-reactive ketones (excluding diaryl/α,β-unsaturated/α-hetero) is 1. The number of pyridine rings is 2. The van der Waals surface area contributed by atoms with Crippen LogP contribution in [0.4, 0.5) is 0 Å². The van der Waals surface area contributed by atoms with Gasteiger partial charge in [0.2, 0.25) is 0 Å². The van der Waals surface area contributed by atoms with E-state index in [1.54, 1.807) is 43.8 Å². The Kier molecular flexibility index (Phi) is 6.21. The van der Waals surface area contributed by atoms with Crippen LogP contribution in [0.3, 0.4) is 0 Å².